The van der Waals surface area contributed by atoms with Gasteiger partial charge in [-0.05, 0) is 158 Å². The number of hydrogen-bond acceptors (Lipinski definition) is 21. The van der Waals surface area contributed by atoms with E-state index in [-0.39, 0.29) is 62.0 Å². The number of hydrogen-bond donors (Lipinski definition) is 9. The Labute approximate surface area is 720 Å². The number of imidazole rings is 2. The lowest BCUT2D eigenvalue weighted by atomic mass is 9.94. The van der Waals surface area contributed by atoms with Gasteiger partial charge in [0.05, 0.1) is 80.4 Å². The second-order valence-electron chi connectivity index (χ2n) is 29.9. The van der Waals surface area contributed by atoms with Crippen LogP contribution in [0.5, 0.6) is 23.0 Å². The van der Waals surface area contributed by atoms with Crippen molar-refractivity contribution in [2.75, 3.05) is 67.7 Å². The number of aryl methyl sites for hydroxylation is 4. The van der Waals surface area contributed by atoms with Gasteiger partial charge in [-0.1, -0.05) is 71.1 Å². The molecule has 13 heterocycles. The number of ether oxygens (including phenoxy) is 4. The largest absolute Gasteiger partial charge is 0.497 e. The molecule has 0 bridgehead atoms. The van der Waals surface area contributed by atoms with E-state index in [2.05, 4.69) is 110 Å². The van der Waals surface area contributed by atoms with Gasteiger partial charge in [0.15, 0.2) is 5.65 Å². The molecule has 16 amide bonds. The molecule has 8 aliphatic heterocycles. The molecule has 35 nitrogen and oxygen atoms in total. The lowest BCUT2D eigenvalue weighted by Gasteiger charge is -2.33. The van der Waals surface area contributed by atoms with E-state index < -0.39 is 69.9 Å². The van der Waals surface area contributed by atoms with Gasteiger partial charge in [0.25, 0.3) is 47.3 Å². The minimum Gasteiger partial charge on any atom is -0.497 e. The number of aromatic nitrogens is 6. The van der Waals surface area contributed by atoms with Crippen molar-refractivity contribution >= 4 is 117 Å². The molecule has 9 N–H and O–H groups in total. The maximum Gasteiger partial charge on any atom is 0.328 e. The number of thiophene rings is 1. The van der Waals surface area contributed by atoms with Crippen molar-refractivity contribution < 1.29 is 76.5 Å². The number of benzene rings is 5. The smallest absolute Gasteiger partial charge is 0.328 e. The molecule has 5 aromatic heterocycles. The van der Waals surface area contributed by atoms with Crippen LogP contribution in [0.25, 0.3) is 22.2 Å². The van der Waals surface area contributed by atoms with E-state index >= 15 is 0 Å². The van der Waals surface area contributed by atoms with E-state index in [0.29, 0.717) is 115 Å². The molecule has 5 aromatic carbocycles. The van der Waals surface area contributed by atoms with Gasteiger partial charge in [0.2, 0.25) is 22.2 Å². The highest BCUT2D eigenvalue weighted by Crippen LogP contribution is 2.34. The molecular weight excluding hydrogens is 1650 g/mol. The third kappa shape index (κ3) is 16.8. The van der Waals surface area contributed by atoms with Crippen molar-refractivity contribution in [1.29, 1.82) is 0 Å². The highest BCUT2D eigenvalue weighted by atomic mass is 35.5. The zero-order valence-corrected chi connectivity index (χ0v) is 69.6. The van der Waals surface area contributed by atoms with Crippen LogP contribution in [0.1, 0.15) is 96.6 Å². The van der Waals surface area contributed by atoms with Crippen molar-refractivity contribution in [3.05, 3.63) is 226 Å². The van der Waals surface area contributed by atoms with Crippen molar-refractivity contribution in [3.8, 4) is 70.4 Å². The average Bonchev–Trinajstić information content (AvgIpc) is 1.65. The number of amides is 16. The van der Waals surface area contributed by atoms with Crippen molar-refractivity contribution in [3.63, 3.8) is 0 Å². The number of nitrogens with one attached hydrogen (secondary N) is 9. The molecule has 125 heavy (non-hydrogen) atoms. The van der Waals surface area contributed by atoms with Gasteiger partial charge in [0.1, 0.15) is 28.8 Å². The van der Waals surface area contributed by atoms with Crippen molar-refractivity contribution in [1.82, 2.24) is 91.2 Å². The van der Waals surface area contributed by atoms with Gasteiger partial charge >= 0.3 is 29.8 Å². The summed E-state index contributed by atoms with van der Waals surface area (Å²) in [6.45, 7) is 4.75. The molecule has 0 aliphatic carbocycles. The number of carbonyl (C=O) groups excluding carboxylic acids is 12. The molecule has 0 spiro atoms. The van der Waals surface area contributed by atoms with Crippen LogP contribution in [-0.4, -0.2) is 210 Å². The number of carbonyl (C=O) groups is 12. The number of rotatable bonds is 12. The Morgan fingerprint density at radius 2 is 0.896 bits per heavy atom. The molecule has 8 aliphatic rings. The average molecular weight is 1720 g/mol. The highest BCUT2D eigenvalue weighted by Gasteiger charge is 2.52. The first kappa shape index (κ1) is 84.2. The Morgan fingerprint density at radius 3 is 1.34 bits per heavy atom. The predicted octanol–water partition coefficient (Wildman–Crippen LogP) is 4.40. The topological polar surface area (TPSA) is 432 Å². The number of nitrogens with zero attached hydrogens (tertiary/aromatic N) is 9. The van der Waals surface area contributed by atoms with Crippen LogP contribution in [0.4, 0.5) is 19.2 Å². The molecule has 0 unspecified atom stereocenters. The fraction of sp³-hybridized carbons (Fsp3) is 0.250. The van der Waals surface area contributed by atoms with Crippen LogP contribution < -0.4 is 67.2 Å². The van der Waals surface area contributed by atoms with E-state index in [1.54, 1.807) is 144 Å². The summed E-state index contributed by atoms with van der Waals surface area (Å²) in [5.41, 5.74) is 4.40. The van der Waals surface area contributed by atoms with E-state index in [0.717, 1.165) is 44.7 Å². The maximum atomic E-state index is 13.0. The van der Waals surface area contributed by atoms with Crippen LogP contribution >= 0.6 is 22.9 Å². The van der Waals surface area contributed by atoms with E-state index in [4.69, 9.17) is 30.5 Å². The number of methoxy groups -OCH3 is 4. The quantitative estimate of drug-likeness (QED) is 0.0604. The molecule has 10 aromatic rings. The van der Waals surface area contributed by atoms with E-state index in [1.807, 2.05) is 32.0 Å². The number of H-pyrrole nitrogens is 1. The summed E-state index contributed by atoms with van der Waals surface area (Å²) in [6.07, 6.45) is 5.98. The molecule has 0 radical (unpaired) electrons. The summed E-state index contributed by atoms with van der Waals surface area (Å²) in [5, 5.41) is 19.3. The molecule has 4 saturated heterocycles. The first-order chi connectivity index (χ1) is 59.9. The first-order valence-electron chi connectivity index (χ1n) is 38.6. The van der Waals surface area contributed by atoms with Crippen LogP contribution in [0.3, 0.4) is 0 Å². The summed E-state index contributed by atoms with van der Waals surface area (Å²) in [6, 6.07) is 30.6. The predicted molar refractivity (Wildman–Crippen MR) is 451 cm³/mol. The molecule has 4 atom stereocenters. The second-order valence-corrected chi connectivity index (χ2v) is 31.6. The third-order valence-electron chi connectivity index (χ3n) is 21.9. The van der Waals surface area contributed by atoms with Gasteiger partial charge in [-0.2, -0.15) is 0 Å². The summed E-state index contributed by atoms with van der Waals surface area (Å²) >= 11 is 7.19. The Morgan fingerprint density at radius 1 is 0.456 bits per heavy atom. The second kappa shape index (κ2) is 34.0. The van der Waals surface area contributed by atoms with Crippen LogP contribution in [0.2, 0.25) is 4.34 Å². The Kier molecular flexibility index (Phi) is 22.9. The van der Waals surface area contributed by atoms with Gasteiger partial charge in [-0.15, -0.1) is 11.3 Å². The fourth-order valence-electron chi connectivity index (χ4n) is 15.3. The number of halogens is 1. The zero-order chi connectivity index (χ0) is 88.6. The minimum atomic E-state index is -1.61. The first-order valence-corrected chi connectivity index (χ1v) is 39.8. The number of urea groups is 4. The minimum absolute atomic E-state index is 0.0534. The van der Waals surface area contributed by atoms with Crippen LogP contribution in [-0.2, 0) is 59.2 Å². The van der Waals surface area contributed by atoms with Gasteiger partial charge in [-0.25, -0.2) is 33.9 Å². The molecule has 37 heteroatoms. The van der Waals surface area contributed by atoms with Crippen LogP contribution in [0, 0.1) is 61.2 Å². The lowest BCUT2D eigenvalue weighted by molar-refractivity contribution is -0.123. The Bertz CT molecular complexity index is 6650. The molecule has 0 saturated carbocycles. The Hall–Kier alpha value is -15.8. The number of aromatic amines is 1. The maximum absolute atomic E-state index is 13.0. The van der Waals surface area contributed by atoms with Gasteiger partial charge < -0.3 is 64.8 Å². The zero-order valence-electron chi connectivity index (χ0n) is 68.0. The summed E-state index contributed by atoms with van der Waals surface area (Å²) in [7, 11) is 9.55. The summed E-state index contributed by atoms with van der Waals surface area (Å²) in [4.78, 5) is 185. The summed E-state index contributed by atoms with van der Waals surface area (Å²) in [5.74, 6) is 23.1. The van der Waals surface area contributed by atoms with Crippen LogP contribution in [0.15, 0.2) is 139 Å². The normalized spacial score (nSPS) is 19.7. The van der Waals surface area contributed by atoms with Gasteiger partial charge in [-0.3, -0.25) is 73.7 Å². The highest BCUT2D eigenvalue weighted by molar-refractivity contribution is 7.16. The fourth-order valence-corrected chi connectivity index (χ4v) is 16.2. The SMILES string of the molecule is COc1ccc2c(c1)C(=O)N(C[C@@]1(C#Cc3ccc4c(c3)n(C)c(=O)n4C)NC(=O)NC1=O)C2.COc1ccc2c(c1)C(=O)N(C[C@@]1(C#Cc3cnc4nc(C)[nH]c4c3C)NC(=O)NC1=O)C2.COc1ccc2c(c1)CCN(C[C@]1(C#Cc3ccc(Cl)s3)NC(=O)NC1=O)C2=O.COc1ccc2c(c1)CCN(C[C@]1(C#Cc3cccnc3)NC(=O)NC1=O)C2=O. The molecule has 4 fully saturated rings. The number of imide groups is 4. The van der Waals surface area contributed by atoms with E-state index in [9.17, 15) is 62.3 Å². The van der Waals surface area contributed by atoms with E-state index in [1.165, 1.54) is 54.3 Å². The third-order valence-corrected chi connectivity index (χ3v) is 23.0. The standard InChI is InChI=1S/C24H21N5O5.C23H20N6O4.C21H18N4O4.C20H16ClN3O4S/c1-27-18-7-4-14(10-19(18)28(2)23(27)33)8-9-24(21(31)25-22(32)26-24)13-29-12-15-5-6-16(34-3)11-17(15)20(29)30;1-12-14(9-24-19-18(12)25-13(2)26-19)6-7-23(21(31)27-22(32)28-23)11-29-10-15-4-5-16(33-3)8-17(15)20(29)30;1-29-16-4-5-17-15(11-16)7-10-25(18(17)26)13-21(19(27)23-20(28)24-21)8-6-14-3-2-9-22-12-14;1-28-13-2-4-15-12(10-13)7-9-24(17(15)25)11-20(18(26)22-19(27)23-20)8-6-14-3-5-16(21)29-14/h4-7,10-11H,12-13H2,1-3H3,(H2,25,26,31,32);4-5,8-9H,10-11H2,1-3H3,(H,24,25,26)(H2,27,28,31,32);2-5,9,11-12H,7,10,13H2,1H3,(H2,23,24,27,28);2-5,10H,7,9,11H2,1H3,(H2,22,23,26,27)/t24-;23-;21-;20-/m1100/s1. The molecule has 18 rings (SSSR count). The van der Waals surface area contributed by atoms with Crippen molar-refractivity contribution in [2.45, 2.75) is 61.9 Å². The van der Waals surface area contributed by atoms with Crippen molar-refractivity contribution in [2.24, 2.45) is 14.1 Å². The lowest BCUT2D eigenvalue weighted by Crippen LogP contribution is -2.56. The number of fused-ring (bicyclic) bond motifs is 6. The summed E-state index contributed by atoms with van der Waals surface area (Å²) < 4.78 is 24.5. The monoisotopic (exact) mass is 1720 g/mol. The Balaban J connectivity index is 0.000000129. The molecular formula is C88H75ClN18O17S. The van der Waals surface area contributed by atoms with Gasteiger partial charge in [0, 0.05) is 97.8 Å². The molecule has 632 valence electrons. The number of pyridine rings is 2.